The van der Waals surface area contributed by atoms with Crippen LogP contribution in [0.25, 0.3) is 0 Å². The maximum absolute atomic E-state index is 11.1. The molecule has 1 aliphatic carbocycles. The third kappa shape index (κ3) is 1.70. The summed E-state index contributed by atoms with van der Waals surface area (Å²) in [5.74, 6) is 0.643. The summed E-state index contributed by atoms with van der Waals surface area (Å²) in [7, 11) is 0. The van der Waals surface area contributed by atoms with E-state index in [4.69, 9.17) is 5.73 Å². The highest BCUT2D eigenvalue weighted by atomic mass is 16.1. The third-order valence-corrected chi connectivity index (χ3v) is 2.89. The summed E-state index contributed by atoms with van der Waals surface area (Å²) >= 11 is 0. The summed E-state index contributed by atoms with van der Waals surface area (Å²) in [5.41, 5.74) is 5.69. The fourth-order valence-corrected chi connectivity index (χ4v) is 2.04. The molecule has 1 aliphatic rings. The van der Waals surface area contributed by atoms with Crippen molar-refractivity contribution in [2.24, 2.45) is 5.73 Å². The van der Waals surface area contributed by atoms with Gasteiger partial charge < -0.3 is 10.7 Å². The van der Waals surface area contributed by atoms with E-state index in [1.807, 2.05) is 0 Å². The fourth-order valence-electron chi connectivity index (χ4n) is 2.04. The molecule has 1 fully saturated rings. The summed E-state index contributed by atoms with van der Waals surface area (Å²) in [6.45, 7) is 0. The number of nitrogens with zero attached hydrogens (tertiary/aromatic N) is 1. The number of rotatable bonds is 1. The van der Waals surface area contributed by atoms with Gasteiger partial charge in [-0.3, -0.25) is 4.79 Å². The summed E-state index contributed by atoms with van der Waals surface area (Å²) in [5, 5.41) is 0. The molecule has 0 atom stereocenters. The van der Waals surface area contributed by atoms with E-state index in [0.29, 0.717) is 5.82 Å². The number of aromatic amines is 1. The van der Waals surface area contributed by atoms with Crippen LogP contribution in [0, 0.1) is 0 Å². The van der Waals surface area contributed by atoms with Crippen molar-refractivity contribution in [3.05, 3.63) is 28.4 Å². The lowest BCUT2D eigenvalue weighted by Gasteiger charge is -2.31. The summed E-state index contributed by atoms with van der Waals surface area (Å²) < 4.78 is 0. The highest BCUT2D eigenvalue weighted by molar-refractivity contribution is 5.06. The van der Waals surface area contributed by atoms with Crippen molar-refractivity contribution in [3.8, 4) is 0 Å². The first kappa shape index (κ1) is 9.40. The van der Waals surface area contributed by atoms with Crippen LogP contribution < -0.4 is 11.3 Å². The van der Waals surface area contributed by atoms with Gasteiger partial charge >= 0.3 is 0 Å². The normalized spacial score (nSPS) is 20.6. The Morgan fingerprint density at radius 2 is 2.07 bits per heavy atom. The Bertz CT molecular complexity index is 366. The molecule has 0 bridgehead atoms. The van der Waals surface area contributed by atoms with Crippen molar-refractivity contribution in [2.45, 2.75) is 37.6 Å². The highest BCUT2D eigenvalue weighted by Gasteiger charge is 2.31. The van der Waals surface area contributed by atoms with Gasteiger partial charge in [-0.25, -0.2) is 4.98 Å². The zero-order valence-corrected chi connectivity index (χ0v) is 8.12. The van der Waals surface area contributed by atoms with Gasteiger partial charge in [0.1, 0.15) is 5.82 Å². The van der Waals surface area contributed by atoms with E-state index in [2.05, 4.69) is 9.97 Å². The van der Waals surface area contributed by atoms with Crippen molar-refractivity contribution in [1.82, 2.24) is 9.97 Å². The monoisotopic (exact) mass is 193 g/mol. The van der Waals surface area contributed by atoms with Crippen LogP contribution in [-0.4, -0.2) is 9.97 Å². The Balaban J connectivity index is 2.32. The van der Waals surface area contributed by atoms with Crippen molar-refractivity contribution >= 4 is 0 Å². The Kier molecular flexibility index (Phi) is 2.37. The number of hydrogen-bond acceptors (Lipinski definition) is 3. The van der Waals surface area contributed by atoms with Gasteiger partial charge in [-0.1, -0.05) is 19.3 Å². The third-order valence-electron chi connectivity index (χ3n) is 2.89. The number of hydrogen-bond donors (Lipinski definition) is 2. The van der Waals surface area contributed by atoms with E-state index in [1.54, 1.807) is 0 Å². The number of nitrogens with two attached hydrogens (primary N) is 1. The second kappa shape index (κ2) is 3.53. The number of H-pyrrole nitrogens is 1. The van der Waals surface area contributed by atoms with Crippen LogP contribution in [0.5, 0.6) is 0 Å². The molecular formula is C10H15N3O. The van der Waals surface area contributed by atoms with Crippen LogP contribution in [0.15, 0.2) is 17.1 Å². The summed E-state index contributed by atoms with van der Waals surface area (Å²) in [4.78, 5) is 18.0. The van der Waals surface area contributed by atoms with Crippen molar-refractivity contribution in [3.63, 3.8) is 0 Å². The zero-order chi connectivity index (χ0) is 10.0. The first-order chi connectivity index (χ1) is 6.71. The van der Waals surface area contributed by atoms with Crippen LogP contribution in [-0.2, 0) is 5.54 Å². The fraction of sp³-hybridized carbons (Fsp3) is 0.600. The smallest absolute Gasteiger partial charge is 0.250 e. The maximum atomic E-state index is 11.1. The molecule has 1 aromatic heterocycles. The van der Waals surface area contributed by atoms with Crippen LogP contribution in [0.1, 0.15) is 37.9 Å². The predicted molar refractivity (Wildman–Crippen MR) is 53.8 cm³/mol. The van der Waals surface area contributed by atoms with Gasteiger partial charge in [0.25, 0.3) is 5.56 Å². The van der Waals surface area contributed by atoms with Gasteiger partial charge in [-0.05, 0) is 12.8 Å². The summed E-state index contributed by atoms with van der Waals surface area (Å²) in [6, 6.07) is 1.41. The van der Waals surface area contributed by atoms with Gasteiger partial charge in [-0.2, -0.15) is 0 Å². The quantitative estimate of drug-likeness (QED) is 0.695. The van der Waals surface area contributed by atoms with Crippen LogP contribution in [0.4, 0.5) is 0 Å². The molecule has 4 heteroatoms. The standard InChI is InChI=1S/C10H15N3O/c11-10(5-2-1-3-6-10)9-12-7-4-8(14)13-9/h4,7H,1-3,5-6,11H2,(H,12,13,14). The van der Waals surface area contributed by atoms with Crippen LogP contribution in [0.2, 0.25) is 0 Å². The van der Waals surface area contributed by atoms with Crippen LogP contribution in [0.3, 0.4) is 0 Å². The summed E-state index contributed by atoms with van der Waals surface area (Å²) in [6.07, 6.45) is 6.83. The minimum Gasteiger partial charge on any atom is -0.319 e. The highest BCUT2D eigenvalue weighted by Crippen LogP contribution is 2.31. The number of aromatic nitrogens is 2. The van der Waals surface area contributed by atoms with E-state index in [1.165, 1.54) is 18.7 Å². The topological polar surface area (TPSA) is 71.8 Å². The second-order valence-electron chi connectivity index (χ2n) is 4.00. The van der Waals surface area contributed by atoms with Gasteiger partial charge in [-0.15, -0.1) is 0 Å². The lowest BCUT2D eigenvalue weighted by Crippen LogP contribution is -2.41. The van der Waals surface area contributed by atoms with E-state index < -0.39 is 5.54 Å². The molecule has 2 rings (SSSR count). The SMILES string of the molecule is NC1(c2nccc(=O)[nH]2)CCCCC1. The average Bonchev–Trinajstić information content (AvgIpc) is 2.19. The average molecular weight is 193 g/mol. The van der Waals surface area contributed by atoms with Crippen molar-refractivity contribution in [2.75, 3.05) is 0 Å². The van der Waals surface area contributed by atoms with Gasteiger partial charge in [0.2, 0.25) is 0 Å². The molecule has 4 nitrogen and oxygen atoms in total. The Morgan fingerprint density at radius 1 is 1.36 bits per heavy atom. The minimum atomic E-state index is -0.404. The molecule has 1 heterocycles. The van der Waals surface area contributed by atoms with Crippen molar-refractivity contribution < 1.29 is 0 Å². The Labute approximate surface area is 82.6 Å². The minimum absolute atomic E-state index is 0.120. The molecule has 14 heavy (non-hydrogen) atoms. The molecule has 1 aromatic rings. The number of nitrogens with one attached hydrogen (secondary N) is 1. The molecule has 0 spiro atoms. The molecule has 0 saturated heterocycles. The molecule has 0 aliphatic heterocycles. The van der Waals surface area contributed by atoms with Crippen LogP contribution >= 0.6 is 0 Å². The maximum Gasteiger partial charge on any atom is 0.250 e. The molecule has 1 saturated carbocycles. The van der Waals surface area contributed by atoms with Gasteiger partial charge in [0.05, 0.1) is 5.54 Å². The molecule has 0 amide bonds. The predicted octanol–water partition coefficient (Wildman–Crippen LogP) is 0.888. The van der Waals surface area contributed by atoms with E-state index in [0.717, 1.165) is 25.7 Å². The molecule has 0 unspecified atom stereocenters. The molecule has 76 valence electrons. The second-order valence-corrected chi connectivity index (χ2v) is 4.00. The van der Waals surface area contributed by atoms with E-state index >= 15 is 0 Å². The van der Waals surface area contributed by atoms with Gasteiger partial charge in [0.15, 0.2) is 0 Å². The largest absolute Gasteiger partial charge is 0.319 e. The van der Waals surface area contributed by atoms with E-state index in [9.17, 15) is 4.79 Å². The molecule has 0 aromatic carbocycles. The Hall–Kier alpha value is -1.16. The zero-order valence-electron chi connectivity index (χ0n) is 8.12. The molecular weight excluding hydrogens is 178 g/mol. The Morgan fingerprint density at radius 3 is 2.71 bits per heavy atom. The lowest BCUT2D eigenvalue weighted by molar-refractivity contribution is 0.286. The molecule has 3 N–H and O–H groups in total. The lowest BCUT2D eigenvalue weighted by atomic mass is 9.82. The van der Waals surface area contributed by atoms with Crippen molar-refractivity contribution in [1.29, 1.82) is 0 Å². The van der Waals surface area contributed by atoms with E-state index in [-0.39, 0.29) is 5.56 Å². The van der Waals surface area contributed by atoms with Gasteiger partial charge in [0, 0.05) is 12.3 Å². The first-order valence-corrected chi connectivity index (χ1v) is 5.05. The molecule has 0 radical (unpaired) electrons. The first-order valence-electron chi connectivity index (χ1n) is 5.05.